The van der Waals surface area contributed by atoms with E-state index in [1.54, 1.807) is 31.2 Å². The first-order chi connectivity index (χ1) is 17.6. The quantitative estimate of drug-likeness (QED) is 0.279. The number of aliphatic carboxylic acids is 1. The van der Waals surface area contributed by atoms with E-state index in [1.165, 1.54) is 4.90 Å². The Morgan fingerprint density at radius 3 is 2.14 bits per heavy atom. The zero-order valence-electron chi connectivity index (χ0n) is 21.1. The number of rotatable bonds is 15. The summed E-state index contributed by atoms with van der Waals surface area (Å²) in [4.78, 5) is 25.5. The standard InChI is InChI=1S/C27H34F3NO6/c1-3-5-6-7-16-31(26(34)37-23-14-10-21(11-15-23)27(28,29)30)17-18-36-22-12-8-20(9-13-22)19-24(25(32)33)35-4-2/h8-15,24H,3-7,16-19H2,1-2H3,(H,32,33). The zero-order chi connectivity index (χ0) is 27.3. The second-order valence-electron chi connectivity index (χ2n) is 8.42. The maximum absolute atomic E-state index is 12.8. The van der Waals surface area contributed by atoms with Crippen LogP contribution in [0.15, 0.2) is 48.5 Å². The fourth-order valence-corrected chi connectivity index (χ4v) is 3.53. The Bertz CT molecular complexity index is 964. The molecule has 1 unspecified atom stereocenters. The molecule has 0 aliphatic rings. The predicted molar refractivity (Wildman–Crippen MR) is 132 cm³/mol. The molecule has 0 aliphatic carbocycles. The number of alkyl halides is 3. The maximum Gasteiger partial charge on any atom is 0.416 e. The van der Waals surface area contributed by atoms with Crippen molar-refractivity contribution in [3.05, 3.63) is 59.7 Å². The Morgan fingerprint density at radius 2 is 1.57 bits per heavy atom. The van der Waals surface area contributed by atoms with Crippen LogP contribution in [-0.2, 0) is 22.1 Å². The highest BCUT2D eigenvalue weighted by molar-refractivity contribution is 5.72. The summed E-state index contributed by atoms with van der Waals surface area (Å²) >= 11 is 0. The summed E-state index contributed by atoms with van der Waals surface area (Å²) in [7, 11) is 0. The van der Waals surface area contributed by atoms with Gasteiger partial charge in [-0.2, -0.15) is 13.2 Å². The third-order valence-electron chi connectivity index (χ3n) is 5.54. The SMILES string of the molecule is CCCCCCN(CCOc1ccc(CC(OCC)C(=O)O)cc1)C(=O)Oc1ccc(C(F)(F)F)cc1. The number of hydrogen-bond acceptors (Lipinski definition) is 5. The van der Waals surface area contributed by atoms with Crippen LogP contribution in [0.3, 0.4) is 0 Å². The lowest BCUT2D eigenvalue weighted by Crippen LogP contribution is -2.37. The number of ether oxygens (including phenoxy) is 3. The van der Waals surface area contributed by atoms with Crippen LogP contribution in [0.1, 0.15) is 50.7 Å². The molecule has 1 atom stereocenters. The Kier molecular flexibility index (Phi) is 12.2. The Labute approximate surface area is 215 Å². The number of halogens is 3. The van der Waals surface area contributed by atoms with E-state index < -0.39 is 29.9 Å². The van der Waals surface area contributed by atoms with Crippen LogP contribution in [0.25, 0.3) is 0 Å². The molecule has 0 aromatic heterocycles. The molecule has 7 nitrogen and oxygen atoms in total. The van der Waals surface area contributed by atoms with Gasteiger partial charge in [-0.25, -0.2) is 9.59 Å². The van der Waals surface area contributed by atoms with E-state index in [4.69, 9.17) is 14.2 Å². The van der Waals surface area contributed by atoms with Gasteiger partial charge in [0.1, 0.15) is 18.1 Å². The van der Waals surface area contributed by atoms with Crippen LogP contribution in [0.4, 0.5) is 18.0 Å². The van der Waals surface area contributed by atoms with Crippen molar-refractivity contribution in [1.29, 1.82) is 0 Å². The number of carboxylic acid groups (broad SMARTS) is 1. The van der Waals surface area contributed by atoms with Crippen LogP contribution >= 0.6 is 0 Å². The first-order valence-corrected chi connectivity index (χ1v) is 12.3. The summed E-state index contributed by atoms with van der Waals surface area (Å²) in [5.41, 5.74) is -0.0367. The van der Waals surface area contributed by atoms with Gasteiger partial charge in [0.05, 0.1) is 12.1 Å². The minimum absolute atomic E-state index is 0.0276. The minimum atomic E-state index is -4.47. The number of carbonyl (C=O) groups excluding carboxylic acids is 1. The third kappa shape index (κ3) is 10.7. The number of benzene rings is 2. The van der Waals surface area contributed by atoms with Gasteiger partial charge in [-0.15, -0.1) is 0 Å². The predicted octanol–water partition coefficient (Wildman–Crippen LogP) is 6.20. The fourth-order valence-electron chi connectivity index (χ4n) is 3.53. The molecule has 0 aliphatic heterocycles. The molecule has 0 saturated carbocycles. The number of carbonyl (C=O) groups is 2. The molecule has 2 aromatic carbocycles. The van der Waals surface area contributed by atoms with Crippen molar-refractivity contribution in [2.24, 2.45) is 0 Å². The largest absolute Gasteiger partial charge is 0.492 e. The van der Waals surface area contributed by atoms with Crippen LogP contribution in [0, 0.1) is 0 Å². The van der Waals surface area contributed by atoms with Crippen LogP contribution in [-0.4, -0.2) is 54.5 Å². The first-order valence-electron chi connectivity index (χ1n) is 12.3. The average molecular weight is 526 g/mol. The fraction of sp³-hybridized carbons (Fsp3) is 0.481. The van der Waals surface area contributed by atoms with E-state index in [-0.39, 0.29) is 25.3 Å². The van der Waals surface area contributed by atoms with Gasteiger partial charge < -0.3 is 24.2 Å². The average Bonchev–Trinajstić information content (AvgIpc) is 2.85. The molecule has 0 spiro atoms. The first kappa shape index (κ1) is 30.0. The molecule has 0 heterocycles. The van der Waals surface area contributed by atoms with E-state index in [0.717, 1.165) is 55.5 Å². The number of amides is 1. The summed E-state index contributed by atoms with van der Waals surface area (Å²) in [6.45, 7) is 4.93. The normalized spacial score (nSPS) is 12.1. The van der Waals surface area contributed by atoms with E-state index in [9.17, 15) is 27.9 Å². The van der Waals surface area contributed by atoms with Crippen molar-refractivity contribution in [3.8, 4) is 11.5 Å². The highest BCUT2D eigenvalue weighted by atomic mass is 19.4. The zero-order valence-corrected chi connectivity index (χ0v) is 21.1. The van der Waals surface area contributed by atoms with Crippen molar-refractivity contribution in [3.63, 3.8) is 0 Å². The number of unbranched alkanes of at least 4 members (excludes halogenated alkanes) is 3. The molecule has 0 bridgehead atoms. The van der Waals surface area contributed by atoms with Crippen molar-refractivity contribution < 1.29 is 42.1 Å². The third-order valence-corrected chi connectivity index (χ3v) is 5.54. The summed E-state index contributed by atoms with van der Waals surface area (Å²) in [6, 6.07) is 10.9. The molecule has 1 amide bonds. The van der Waals surface area contributed by atoms with E-state index >= 15 is 0 Å². The van der Waals surface area contributed by atoms with E-state index in [1.807, 2.05) is 0 Å². The number of carboxylic acids is 1. The lowest BCUT2D eigenvalue weighted by Gasteiger charge is -2.22. The van der Waals surface area contributed by atoms with Gasteiger partial charge >= 0.3 is 18.2 Å². The van der Waals surface area contributed by atoms with Gasteiger partial charge in [0, 0.05) is 19.6 Å². The molecule has 0 fully saturated rings. The monoisotopic (exact) mass is 525 g/mol. The molecule has 37 heavy (non-hydrogen) atoms. The molecule has 2 aromatic rings. The summed E-state index contributed by atoms with van der Waals surface area (Å²) in [5, 5.41) is 9.22. The van der Waals surface area contributed by atoms with Crippen LogP contribution in [0.2, 0.25) is 0 Å². The summed E-state index contributed by atoms with van der Waals surface area (Å²) < 4.78 is 54.6. The Balaban J connectivity index is 1.93. The van der Waals surface area contributed by atoms with Crippen molar-refractivity contribution in [1.82, 2.24) is 4.90 Å². The highest BCUT2D eigenvalue weighted by Gasteiger charge is 2.30. The summed E-state index contributed by atoms with van der Waals surface area (Å²) in [6.07, 6.45) is -2.07. The molecule has 204 valence electrons. The summed E-state index contributed by atoms with van der Waals surface area (Å²) in [5.74, 6) is -0.446. The maximum atomic E-state index is 12.8. The number of hydrogen-bond donors (Lipinski definition) is 1. The Morgan fingerprint density at radius 1 is 0.919 bits per heavy atom. The molecular formula is C27H34F3NO6. The minimum Gasteiger partial charge on any atom is -0.492 e. The highest BCUT2D eigenvalue weighted by Crippen LogP contribution is 2.30. The van der Waals surface area contributed by atoms with Gasteiger partial charge in [-0.1, -0.05) is 38.3 Å². The van der Waals surface area contributed by atoms with E-state index in [2.05, 4.69) is 6.92 Å². The molecule has 1 N–H and O–H groups in total. The topological polar surface area (TPSA) is 85.3 Å². The van der Waals surface area contributed by atoms with E-state index in [0.29, 0.717) is 18.9 Å². The second kappa shape index (κ2) is 15.1. The molecular weight excluding hydrogens is 491 g/mol. The van der Waals surface area contributed by atoms with Crippen LogP contribution in [0.5, 0.6) is 11.5 Å². The second-order valence-corrected chi connectivity index (χ2v) is 8.42. The van der Waals surface area contributed by atoms with Gasteiger partial charge in [0.15, 0.2) is 6.10 Å². The van der Waals surface area contributed by atoms with Crippen molar-refractivity contribution in [2.45, 2.75) is 58.2 Å². The molecule has 10 heteroatoms. The molecule has 0 saturated heterocycles. The lowest BCUT2D eigenvalue weighted by atomic mass is 10.1. The van der Waals surface area contributed by atoms with Gasteiger partial charge in [0.2, 0.25) is 0 Å². The van der Waals surface area contributed by atoms with Gasteiger partial charge in [-0.05, 0) is 55.3 Å². The smallest absolute Gasteiger partial charge is 0.416 e. The Hall–Kier alpha value is -3.27. The molecule has 2 rings (SSSR count). The molecule has 0 radical (unpaired) electrons. The van der Waals surface area contributed by atoms with Crippen molar-refractivity contribution in [2.75, 3.05) is 26.3 Å². The number of nitrogens with zero attached hydrogens (tertiary/aromatic N) is 1. The van der Waals surface area contributed by atoms with Crippen LogP contribution < -0.4 is 9.47 Å². The van der Waals surface area contributed by atoms with Gasteiger partial charge in [0.25, 0.3) is 0 Å². The van der Waals surface area contributed by atoms with Gasteiger partial charge in [-0.3, -0.25) is 0 Å². The van der Waals surface area contributed by atoms with Crippen molar-refractivity contribution >= 4 is 12.1 Å². The lowest BCUT2D eigenvalue weighted by molar-refractivity contribution is -0.150.